The molecule has 0 amide bonds. The molecule has 1 rings (SSSR count). The molecule has 0 bridgehead atoms. The number of rotatable bonds is 8. The van der Waals surface area contributed by atoms with E-state index in [0.717, 1.165) is 38.4 Å². The van der Waals surface area contributed by atoms with Crippen LogP contribution in [0, 0.1) is 0 Å². The lowest BCUT2D eigenvalue weighted by Gasteiger charge is -2.20. The molecule has 3 heteroatoms. The van der Waals surface area contributed by atoms with Gasteiger partial charge in [0.05, 0.1) is 6.61 Å². The third-order valence-corrected chi connectivity index (χ3v) is 2.66. The SMILES string of the molecule is CCCOc1cccc(CNCCNC(C)(C)C)c1. The molecule has 1 aromatic rings. The van der Waals surface area contributed by atoms with E-state index in [2.05, 4.69) is 56.5 Å². The molecule has 0 aliphatic heterocycles. The minimum atomic E-state index is 0.190. The van der Waals surface area contributed by atoms with Crippen LogP contribution in [0.3, 0.4) is 0 Å². The first-order chi connectivity index (χ1) is 9.01. The van der Waals surface area contributed by atoms with Crippen molar-refractivity contribution in [2.45, 2.75) is 46.2 Å². The number of hydrogen-bond acceptors (Lipinski definition) is 3. The summed E-state index contributed by atoms with van der Waals surface area (Å²) in [5, 5.41) is 6.90. The minimum absolute atomic E-state index is 0.190. The summed E-state index contributed by atoms with van der Waals surface area (Å²) in [6.45, 7) is 12.3. The standard InChI is InChI=1S/C16H28N2O/c1-5-11-19-15-8-6-7-14(12-15)13-17-9-10-18-16(2,3)4/h6-8,12,17-18H,5,9-11,13H2,1-4H3. The van der Waals surface area contributed by atoms with Crippen LogP contribution in [0.15, 0.2) is 24.3 Å². The molecule has 0 aliphatic carbocycles. The summed E-state index contributed by atoms with van der Waals surface area (Å²) >= 11 is 0. The quantitative estimate of drug-likeness (QED) is 0.708. The monoisotopic (exact) mass is 264 g/mol. The van der Waals surface area contributed by atoms with Gasteiger partial charge < -0.3 is 15.4 Å². The van der Waals surface area contributed by atoms with Gasteiger partial charge in [0.1, 0.15) is 5.75 Å². The zero-order chi connectivity index (χ0) is 14.1. The maximum atomic E-state index is 5.63. The summed E-state index contributed by atoms with van der Waals surface area (Å²) < 4.78 is 5.63. The molecule has 0 spiro atoms. The first-order valence-electron chi connectivity index (χ1n) is 7.19. The van der Waals surface area contributed by atoms with Crippen LogP contribution in [-0.4, -0.2) is 25.2 Å². The van der Waals surface area contributed by atoms with E-state index in [-0.39, 0.29) is 5.54 Å². The second-order valence-corrected chi connectivity index (χ2v) is 5.85. The summed E-state index contributed by atoms with van der Waals surface area (Å²) in [7, 11) is 0. The Kier molecular flexibility index (Phi) is 6.89. The van der Waals surface area contributed by atoms with E-state index in [1.54, 1.807) is 0 Å². The summed E-state index contributed by atoms with van der Waals surface area (Å²) in [6, 6.07) is 8.30. The summed E-state index contributed by atoms with van der Waals surface area (Å²) in [5.74, 6) is 0.967. The molecule has 108 valence electrons. The Hall–Kier alpha value is -1.06. The molecule has 0 fully saturated rings. The smallest absolute Gasteiger partial charge is 0.119 e. The van der Waals surface area contributed by atoms with E-state index in [1.807, 2.05) is 6.07 Å². The highest BCUT2D eigenvalue weighted by molar-refractivity contribution is 5.28. The van der Waals surface area contributed by atoms with Crippen LogP contribution in [0.25, 0.3) is 0 Å². The van der Waals surface area contributed by atoms with Crippen molar-refractivity contribution in [1.82, 2.24) is 10.6 Å². The van der Waals surface area contributed by atoms with Crippen LogP contribution in [-0.2, 0) is 6.54 Å². The third kappa shape index (κ3) is 7.85. The van der Waals surface area contributed by atoms with E-state index < -0.39 is 0 Å². The summed E-state index contributed by atoms with van der Waals surface area (Å²) in [6.07, 6.45) is 1.04. The Morgan fingerprint density at radius 1 is 1.16 bits per heavy atom. The van der Waals surface area contributed by atoms with Crippen molar-refractivity contribution in [3.8, 4) is 5.75 Å². The lowest BCUT2D eigenvalue weighted by atomic mass is 10.1. The van der Waals surface area contributed by atoms with Crippen LogP contribution >= 0.6 is 0 Å². The highest BCUT2D eigenvalue weighted by Gasteiger charge is 2.06. The third-order valence-electron chi connectivity index (χ3n) is 2.66. The van der Waals surface area contributed by atoms with Crippen molar-refractivity contribution < 1.29 is 4.74 Å². The Bertz CT molecular complexity index is 358. The average molecular weight is 264 g/mol. The molecule has 2 N–H and O–H groups in total. The molecule has 3 nitrogen and oxygen atoms in total. The maximum absolute atomic E-state index is 5.63. The number of hydrogen-bond donors (Lipinski definition) is 2. The topological polar surface area (TPSA) is 33.3 Å². The molecule has 0 aliphatic rings. The van der Waals surface area contributed by atoms with Crippen LogP contribution in [0.5, 0.6) is 5.75 Å². The van der Waals surface area contributed by atoms with Crippen LogP contribution in [0.1, 0.15) is 39.7 Å². The van der Waals surface area contributed by atoms with Gasteiger partial charge >= 0.3 is 0 Å². The molecule has 0 saturated heterocycles. The molecule has 0 saturated carbocycles. The van der Waals surface area contributed by atoms with Gasteiger partial charge in [0.2, 0.25) is 0 Å². The molecule has 0 aromatic heterocycles. The molecular weight excluding hydrogens is 236 g/mol. The van der Waals surface area contributed by atoms with Gasteiger partial charge in [-0.2, -0.15) is 0 Å². The fourth-order valence-electron chi connectivity index (χ4n) is 1.72. The fourth-order valence-corrected chi connectivity index (χ4v) is 1.72. The predicted octanol–water partition coefficient (Wildman–Crippen LogP) is 2.95. The minimum Gasteiger partial charge on any atom is -0.494 e. The van der Waals surface area contributed by atoms with E-state index in [4.69, 9.17) is 4.74 Å². The first kappa shape index (κ1) is 16.0. The van der Waals surface area contributed by atoms with Crippen molar-refractivity contribution in [1.29, 1.82) is 0 Å². The Balaban J connectivity index is 2.25. The van der Waals surface area contributed by atoms with E-state index in [9.17, 15) is 0 Å². The van der Waals surface area contributed by atoms with Gasteiger partial charge in [-0.3, -0.25) is 0 Å². The maximum Gasteiger partial charge on any atom is 0.119 e. The van der Waals surface area contributed by atoms with E-state index in [0.29, 0.717) is 0 Å². The second kappa shape index (κ2) is 8.18. The molecule has 0 radical (unpaired) electrons. The Morgan fingerprint density at radius 3 is 2.63 bits per heavy atom. The fraction of sp³-hybridized carbons (Fsp3) is 0.625. The van der Waals surface area contributed by atoms with Crippen molar-refractivity contribution in [2.75, 3.05) is 19.7 Å². The van der Waals surface area contributed by atoms with Gasteiger partial charge in [-0.1, -0.05) is 19.1 Å². The van der Waals surface area contributed by atoms with Gasteiger partial charge in [0.15, 0.2) is 0 Å². The largest absolute Gasteiger partial charge is 0.494 e. The van der Waals surface area contributed by atoms with Gasteiger partial charge in [-0.15, -0.1) is 0 Å². The van der Waals surface area contributed by atoms with E-state index in [1.165, 1.54) is 5.56 Å². The first-order valence-corrected chi connectivity index (χ1v) is 7.19. The van der Waals surface area contributed by atoms with E-state index >= 15 is 0 Å². The number of nitrogens with one attached hydrogen (secondary N) is 2. The van der Waals surface area contributed by atoms with Crippen LogP contribution < -0.4 is 15.4 Å². The lowest BCUT2D eigenvalue weighted by molar-refractivity contribution is 0.317. The van der Waals surface area contributed by atoms with Gasteiger partial charge in [0, 0.05) is 25.2 Å². The van der Waals surface area contributed by atoms with Crippen molar-refractivity contribution in [2.24, 2.45) is 0 Å². The molecular formula is C16H28N2O. The average Bonchev–Trinajstić information content (AvgIpc) is 2.35. The lowest BCUT2D eigenvalue weighted by Crippen LogP contribution is -2.40. The highest BCUT2D eigenvalue weighted by Crippen LogP contribution is 2.13. The second-order valence-electron chi connectivity index (χ2n) is 5.85. The molecule has 0 atom stereocenters. The highest BCUT2D eigenvalue weighted by atomic mass is 16.5. The molecule has 0 heterocycles. The molecule has 1 aromatic carbocycles. The van der Waals surface area contributed by atoms with Crippen LogP contribution in [0.2, 0.25) is 0 Å². The van der Waals surface area contributed by atoms with Gasteiger partial charge in [0.25, 0.3) is 0 Å². The zero-order valence-corrected chi connectivity index (χ0v) is 12.8. The van der Waals surface area contributed by atoms with Crippen LogP contribution in [0.4, 0.5) is 0 Å². The normalized spacial score (nSPS) is 11.6. The molecule has 19 heavy (non-hydrogen) atoms. The van der Waals surface area contributed by atoms with Gasteiger partial charge in [-0.25, -0.2) is 0 Å². The Morgan fingerprint density at radius 2 is 1.95 bits per heavy atom. The number of benzene rings is 1. The summed E-state index contributed by atoms with van der Waals surface area (Å²) in [5.41, 5.74) is 1.46. The van der Waals surface area contributed by atoms with Crippen molar-refractivity contribution in [3.63, 3.8) is 0 Å². The van der Waals surface area contributed by atoms with Gasteiger partial charge in [-0.05, 0) is 44.9 Å². The zero-order valence-electron chi connectivity index (χ0n) is 12.8. The van der Waals surface area contributed by atoms with Crippen molar-refractivity contribution >= 4 is 0 Å². The summed E-state index contributed by atoms with van der Waals surface area (Å²) in [4.78, 5) is 0. The Labute approximate surface area is 117 Å². The van der Waals surface area contributed by atoms with Crippen molar-refractivity contribution in [3.05, 3.63) is 29.8 Å². The predicted molar refractivity (Wildman–Crippen MR) is 81.7 cm³/mol. The molecule has 0 unspecified atom stereocenters. The number of ether oxygens (including phenoxy) is 1.